The third-order valence-electron chi connectivity index (χ3n) is 2.12. The van der Waals surface area contributed by atoms with Gasteiger partial charge in [-0.2, -0.15) is 0 Å². The molecule has 0 saturated carbocycles. The minimum absolute atomic E-state index is 0.0544. The van der Waals surface area contributed by atoms with Crippen LogP contribution in [-0.4, -0.2) is 27.9 Å². The number of halogens is 1. The van der Waals surface area contributed by atoms with E-state index in [1.165, 1.54) is 13.0 Å². The second kappa shape index (κ2) is 5.46. The molecule has 0 radical (unpaired) electrons. The van der Waals surface area contributed by atoms with Crippen LogP contribution in [-0.2, 0) is 4.79 Å². The second-order valence-corrected chi connectivity index (χ2v) is 3.86. The SMILES string of the molecule is C[C@@H](NC(=O)c1ccc([N+](=O)[O-])c(Cl)c1)C(=O)O. The fourth-order valence-corrected chi connectivity index (χ4v) is 1.39. The summed E-state index contributed by atoms with van der Waals surface area (Å²) < 4.78 is 0. The molecular weight excluding hydrogens is 264 g/mol. The summed E-state index contributed by atoms with van der Waals surface area (Å²) in [5.41, 5.74) is -0.266. The molecule has 8 heteroatoms. The molecule has 0 aliphatic carbocycles. The molecule has 0 aromatic heterocycles. The Bertz CT molecular complexity index is 517. The maximum absolute atomic E-state index is 11.6. The van der Waals surface area contributed by atoms with Crippen molar-refractivity contribution < 1.29 is 19.6 Å². The fourth-order valence-electron chi connectivity index (χ4n) is 1.14. The van der Waals surface area contributed by atoms with Gasteiger partial charge in [0.25, 0.3) is 11.6 Å². The van der Waals surface area contributed by atoms with Gasteiger partial charge in [0.15, 0.2) is 0 Å². The van der Waals surface area contributed by atoms with Crippen LogP contribution in [0.2, 0.25) is 5.02 Å². The highest BCUT2D eigenvalue weighted by atomic mass is 35.5. The molecular formula is C10H9ClN2O5. The number of benzene rings is 1. The predicted octanol–water partition coefficient (Wildman–Crippen LogP) is 1.45. The van der Waals surface area contributed by atoms with Gasteiger partial charge in [0, 0.05) is 11.6 Å². The van der Waals surface area contributed by atoms with Gasteiger partial charge in [-0.05, 0) is 19.1 Å². The van der Waals surface area contributed by atoms with Crippen molar-refractivity contribution in [3.05, 3.63) is 38.9 Å². The van der Waals surface area contributed by atoms with Crippen LogP contribution in [0.4, 0.5) is 5.69 Å². The Kier molecular flexibility index (Phi) is 4.22. The topological polar surface area (TPSA) is 110 Å². The molecule has 0 saturated heterocycles. The summed E-state index contributed by atoms with van der Waals surface area (Å²) in [6.45, 7) is 1.30. The van der Waals surface area contributed by atoms with Gasteiger partial charge >= 0.3 is 5.97 Å². The van der Waals surface area contributed by atoms with E-state index in [1.807, 2.05) is 0 Å². The molecule has 1 atom stereocenters. The lowest BCUT2D eigenvalue weighted by molar-refractivity contribution is -0.384. The van der Waals surface area contributed by atoms with Crippen LogP contribution < -0.4 is 5.32 Å². The number of nitrogens with zero attached hydrogens (tertiary/aromatic N) is 1. The summed E-state index contributed by atoms with van der Waals surface area (Å²) >= 11 is 5.63. The lowest BCUT2D eigenvalue weighted by Gasteiger charge is -2.09. The zero-order valence-electron chi connectivity index (χ0n) is 9.21. The third-order valence-corrected chi connectivity index (χ3v) is 2.43. The van der Waals surface area contributed by atoms with E-state index >= 15 is 0 Å². The van der Waals surface area contributed by atoms with E-state index in [2.05, 4.69) is 5.32 Å². The predicted molar refractivity (Wildman–Crippen MR) is 62.7 cm³/mol. The minimum Gasteiger partial charge on any atom is -0.480 e. The number of carbonyl (C=O) groups is 2. The van der Waals surface area contributed by atoms with Crippen molar-refractivity contribution in [2.75, 3.05) is 0 Å². The number of amides is 1. The normalized spacial score (nSPS) is 11.7. The molecule has 2 N–H and O–H groups in total. The zero-order valence-corrected chi connectivity index (χ0v) is 9.97. The van der Waals surface area contributed by atoms with E-state index in [4.69, 9.17) is 16.7 Å². The number of aliphatic carboxylic acids is 1. The summed E-state index contributed by atoms with van der Waals surface area (Å²) in [5.74, 6) is -1.85. The first-order valence-corrected chi connectivity index (χ1v) is 5.18. The number of nitro groups is 1. The van der Waals surface area contributed by atoms with Crippen molar-refractivity contribution >= 4 is 29.2 Å². The van der Waals surface area contributed by atoms with Crippen LogP contribution in [0.15, 0.2) is 18.2 Å². The molecule has 0 spiro atoms. The zero-order chi connectivity index (χ0) is 13.9. The quantitative estimate of drug-likeness (QED) is 0.637. The van der Waals surface area contributed by atoms with Crippen molar-refractivity contribution in [2.45, 2.75) is 13.0 Å². The first kappa shape index (κ1) is 13.9. The molecule has 1 aromatic carbocycles. The van der Waals surface area contributed by atoms with Crippen LogP contribution in [0.1, 0.15) is 17.3 Å². The van der Waals surface area contributed by atoms with Crippen LogP contribution >= 0.6 is 11.6 Å². The van der Waals surface area contributed by atoms with Crippen LogP contribution in [0.5, 0.6) is 0 Å². The molecule has 18 heavy (non-hydrogen) atoms. The smallest absolute Gasteiger partial charge is 0.325 e. The molecule has 1 rings (SSSR count). The van der Waals surface area contributed by atoms with Gasteiger partial charge in [0.1, 0.15) is 11.1 Å². The van der Waals surface area contributed by atoms with Gasteiger partial charge in [0.2, 0.25) is 0 Å². The molecule has 0 fully saturated rings. The highest BCUT2D eigenvalue weighted by Gasteiger charge is 2.18. The first-order chi connectivity index (χ1) is 8.32. The largest absolute Gasteiger partial charge is 0.480 e. The van der Waals surface area contributed by atoms with Crippen LogP contribution in [0.25, 0.3) is 0 Å². The van der Waals surface area contributed by atoms with E-state index in [0.717, 1.165) is 12.1 Å². The number of hydrogen-bond donors (Lipinski definition) is 2. The number of carboxylic acids is 1. The summed E-state index contributed by atoms with van der Waals surface area (Å²) in [6, 6.07) is 2.34. The molecule has 0 unspecified atom stereocenters. The summed E-state index contributed by atoms with van der Waals surface area (Å²) in [5, 5.41) is 21.2. The van der Waals surface area contributed by atoms with Crippen LogP contribution in [0, 0.1) is 10.1 Å². The monoisotopic (exact) mass is 272 g/mol. The Balaban J connectivity index is 2.91. The van der Waals surface area contributed by atoms with Crippen LogP contribution in [0.3, 0.4) is 0 Å². The second-order valence-electron chi connectivity index (χ2n) is 3.46. The third kappa shape index (κ3) is 3.17. The highest BCUT2D eigenvalue weighted by molar-refractivity contribution is 6.33. The van der Waals surface area contributed by atoms with Crippen molar-refractivity contribution in [3.63, 3.8) is 0 Å². The van der Waals surface area contributed by atoms with E-state index in [-0.39, 0.29) is 16.3 Å². The molecule has 0 aliphatic heterocycles. The maximum atomic E-state index is 11.6. The standard InChI is InChI=1S/C10H9ClN2O5/c1-5(10(15)16)12-9(14)6-2-3-8(13(17)18)7(11)4-6/h2-5H,1H3,(H,12,14)(H,15,16)/t5-/m1/s1. The Morgan fingerprint density at radius 2 is 2.11 bits per heavy atom. The Morgan fingerprint density at radius 3 is 2.56 bits per heavy atom. The lowest BCUT2D eigenvalue weighted by atomic mass is 10.2. The Labute approximate surface area is 107 Å². The minimum atomic E-state index is -1.18. The summed E-state index contributed by atoms with van der Waals surface area (Å²) in [4.78, 5) is 32.0. The number of carbonyl (C=O) groups excluding carboxylic acids is 1. The van der Waals surface area contributed by atoms with Crippen molar-refractivity contribution in [1.82, 2.24) is 5.32 Å². The summed E-state index contributed by atoms with van der Waals surface area (Å²) in [6.07, 6.45) is 0. The Morgan fingerprint density at radius 1 is 1.50 bits per heavy atom. The fraction of sp³-hybridized carbons (Fsp3) is 0.200. The maximum Gasteiger partial charge on any atom is 0.325 e. The molecule has 0 heterocycles. The van der Waals surface area contributed by atoms with E-state index in [9.17, 15) is 19.7 Å². The van der Waals surface area contributed by atoms with Gasteiger partial charge in [-0.25, -0.2) is 0 Å². The van der Waals surface area contributed by atoms with Gasteiger partial charge in [0.05, 0.1) is 4.92 Å². The lowest BCUT2D eigenvalue weighted by Crippen LogP contribution is -2.38. The van der Waals surface area contributed by atoms with E-state index in [1.54, 1.807) is 0 Å². The van der Waals surface area contributed by atoms with E-state index < -0.39 is 22.8 Å². The van der Waals surface area contributed by atoms with Crippen molar-refractivity contribution in [2.24, 2.45) is 0 Å². The van der Waals surface area contributed by atoms with E-state index in [0.29, 0.717) is 0 Å². The number of nitrogens with one attached hydrogen (secondary N) is 1. The van der Waals surface area contributed by atoms with Crippen molar-refractivity contribution in [1.29, 1.82) is 0 Å². The van der Waals surface area contributed by atoms with Gasteiger partial charge < -0.3 is 10.4 Å². The van der Waals surface area contributed by atoms with Gasteiger partial charge in [-0.1, -0.05) is 11.6 Å². The first-order valence-electron chi connectivity index (χ1n) is 4.80. The number of rotatable bonds is 4. The van der Waals surface area contributed by atoms with Gasteiger partial charge in [-0.3, -0.25) is 19.7 Å². The highest BCUT2D eigenvalue weighted by Crippen LogP contribution is 2.24. The van der Waals surface area contributed by atoms with Crippen molar-refractivity contribution in [3.8, 4) is 0 Å². The molecule has 1 amide bonds. The molecule has 0 aliphatic rings. The molecule has 7 nitrogen and oxygen atoms in total. The summed E-state index contributed by atoms with van der Waals surface area (Å²) in [7, 11) is 0. The number of nitro benzene ring substituents is 1. The number of carboxylic acid groups (broad SMARTS) is 1. The number of hydrogen-bond acceptors (Lipinski definition) is 4. The molecule has 96 valence electrons. The van der Waals surface area contributed by atoms with Gasteiger partial charge in [-0.15, -0.1) is 0 Å². The average molecular weight is 273 g/mol. The average Bonchev–Trinajstić information content (AvgIpc) is 2.27. The molecule has 0 bridgehead atoms. The Hall–Kier alpha value is -2.15. The molecule has 1 aromatic rings.